The molecule has 1 fully saturated rings. The van der Waals surface area contributed by atoms with Gasteiger partial charge in [-0.2, -0.15) is 0 Å². The van der Waals surface area contributed by atoms with E-state index in [0.717, 1.165) is 15.8 Å². The number of carbonyl (C=O) groups excluding carboxylic acids is 1. The van der Waals surface area contributed by atoms with Gasteiger partial charge in [-0.05, 0) is 35.6 Å². The number of nitrogens with zero attached hydrogens (tertiary/aromatic N) is 3. The maximum atomic E-state index is 12.9. The summed E-state index contributed by atoms with van der Waals surface area (Å²) in [5.41, 5.74) is 2.12. The Morgan fingerprint density at radius 1 is 1.38 bits per heavy atom. The molecule has 3 heterocycles. The van der Waals surface area contributed by atoms with Crippen molar-refractivity contribution < 1.29 is 9.90 Å². The molecule has 0 aliphatic carbocycles. The normalized spacial score (nSPS) is 17.0. The van der Waals surface area contributed by atoms with E-state index < -0.39 is 6.10 Å². The summed E-state index contributed by atoms with van der Waals surface area (Å²) in [6.07, 6.45) is 0.143. The predicted molar refractivity (Wildman–Crippen MR) is 103 cm³/mol. The molecule has 26 heavy (non-hydrogen) atoms. The first-order valence-corrected chi connectivity index (χ1v) is 9.57. The molecule has 2 N–H and O–H groups in total. The molecule has 4 rings (SSSR count). The molecule has 1 aliphatic rings. The molecule has 1 amide bonds. The molecule has 1 aliphatic heterocycles. The highest BCUT2D eigenvalue weighted by Gasteiger charge is 2.28. The Labute approximate surface area is 159 Å². The number of halogens is 1. The third-order valence-corrected chi connectivity index (χ3v) is 5.44. The first-order chi connectivity index (χ1) is 12.6. The van der Waals surface area contributed by atoms with E-state index >= 15 is 0 Å². The van der Waals surface area contributed by atoms with Gasteiger partial charge >= 0.3 is 0 Å². The number of rotatable bonds is 4. The number of likely N-dealkylation sites (tertiary alicyclic amines) is 1. The number of carbonyl (C=O) groups is 1. The third-order valence-electron chi connectivity index (χ3n) is 4.30. The van der Waals surface area contributed by atoms with Crippen molar-refractivity contribution in [2.24, 2.45) is 0 Å². The summed E-state index contributed by atoms with van der Waals surface area (Å²) >= 11 is 7.46. The van der Waals surface area contributed by atoms with Crippen molar-refractivity contribution in [3.8, 4) is 0 Å². The van der Waals surface area contributed by atoms with Gasteiger partial charge < -0.3 is 15.3 Å². The number of anilines is 1. The fourth-order valence-electron chi connectivity index (χ4n) is 2.99. The molecule has 1 unspecified atom stereocenters. The highest BCUT2D eigenvalue weighted by molar-refractivity contribution is 7.17. The third kappa shape index (κ3) is 3.51. The van der Waals surface area contributed by atoms with E-state index in [-0.39, 0.29) is 5.91 Å². The number of hydrogen-bond donors (Lipinski definition) is 2. The van der Waals surface area contributed by atoms with E-state index in [1.807, 2.05) is 35.7 Å². The van der Waals surface area contributed by atoms with Crippen LogP contribution in [-0.2, 0) is 6.54 Å². The Balaban J connectivity index is 1.61. The molecule has 0 radical (unpaired) electrons. The minimum Gasteiger partial charge on any atom is -0.391 e. The number of amides is 1. The van der Waals surface area contributed by atoms with Crippen LogP contribution in [0, 0.1) is 0 Å². The second-order valence-electron chi connectivity index (χ2n) is 6.21. The SMILES string of the molecule is O=C(c1nc(NCc2cccc(Cl)c2)nc2ccsc12)N1CCC(O)C1. The van der Waals surface area contributed by atoms with Crippen molar-refractivity contribution in [3.05, 3.63) is 52.0 Å². The lowest BCUT2D eigenvalue weighted by Gasteiger charge is -2.16. The summed E-state index contributed by atoms with van der Waals surface area (Å²) in [6.45, 7) is 1.40. The number of benzene rings is 1. The number of aromatic nitrogens is 2. The Kier molecular flexibility index (Phi) is 4.76. The van der Waals surface area contributed by atoms with Gasteiger partial charge in [-0.3, -0.25) is 4.79 Å². The number of aliphatic hydroxyl groups is 1. The van der Waals surface area contributed by atoms with Crippen molar-refractivity contribution in [1.82, 2.24) is 14.9 Å². The summed E-state index contributed by atoms with van der Waals surface area (Å²) in [7, 11) is 0. The van der Waals surface area contributed by atoms with Crippen molar-refractivity contribution in [3.63, 3.8) is 0 Å². The molecule has 2 aromatic heterocycles. The second kappa shape index (κ2) is 7.19. The van der Waals surface area contributed by atoms with Gasteiger partial charge in [0.25, 0.3) is 5.91 Å². The topological polar surface area (TPSA) is 78.4 Å². The zero-order valence-electron chi connectivity index (χ0n) is 13.9. The Hall–Kier alpha value is -2.22. The molecule has 0 spiro atoms. The molecule has 1 aromatic carbocycles. The number of hydrogen-bond acceptors (Lipinski definition) is 6. The van der Waals surface area contributed by atoms with Crippen LogP contribution in [0.3, 0.4) is 0 Å². The van der Waals surface area contributed by atoms with Crippen molar-refractivity contribution in [1.29, 1.82) is 0 Å². The predicted octanol–water partition coefficient (Wildman–Crippen LogP) is 3.16. The van der Waals surface area contributed by atoms with Gasteiger partial charge in [0.2, 0.25) is 5.95 Å². The number of fused-ring (bicyclic) bond motifs is 1. The fourth-order valence-corrected chi connectivity index (χ4v) is 4.02. The lowest BCUT2D eigenvalue weighted by Crippen LogP contribution is -2.30. The monoisotopic (exact) mass is 388 g/mol. The molecular weight excluding hydrogens is 372 g/mol. The van der Waals surface area contributed by atoms with Gasteiger partial charge in [-0.25, -0.2) is 9.97 Å². The molecule has 6 nitrogen and oxygen atoms in total. The highest BCUT2D eigenvalue weighted by Crippen LogP contribution is 2.26. The summed E-state index contributed by atoms with van der Waals surface area (Å²) in [5.74, 6) is 0.237. The van der Waals surface area contributed by atoms with Crippen LogP contribution in [0.4, 0.5) is 5.95 Å². The molecule has 1 atom stereocenters. The van der Waals surface area contributed by atoms with Crippen molar-refractivity contribution >= 4 is 45.0 Å². The highest BCUT2D eigenvalue weighted by atomic mass is 35.5. The summed E-state index contributed by atoms with van der Waals surface area (Å²) in [4.78, 5) is 23.5. The first kappa shape index (κ1) is 17.2. The van der Waals surface area contributed by atoms with Gasteiger partial charge in [0.1, 0.15) is 0 Å². The number of nitrogens with one attached hydrogen (secondary N) is 1. The van der Waals surface area contributed by atoms with E-state index in [0.29, 0.717) is 42.7 Å². The zero-order valence-corrected chi connectivity index (χ0v) is 15.4. The molecule has 134 valence electrons. The number of β-amino-alcohol motifs (C(OH)–C–C–N with tert-alkyl or cyclic N) is 1. The van der Waals surface area contributed by atoms with Crippen LogP contribution in [0.2, 0.25) is 5.02 Å². The Morgan fingerprint density at radius 3 is 3.04 bits per heavy atom. The molecule has 0 saturated carbocycles. The van der Waals surface area contributed by atoms with Gasteiger partial charge in [-0.15, -0.1) is 11.3 Å². The maximum Gasteiger partial charge on any atom is 0.274 e. The van der Waals surface area contributed by atoms with Crippen LogP contribution in [0.25, 0.3) is 10.2 Å². The van der Waals surface area contributed by atoms with Gasteiger partial charge in [-0.1, -0.05) is 23.7 Å². The first-order valence-electron chi connectivity index (χ1n) is 8.31. The Bertz CT molecular complexity index is 961. The van der Waals surface area contributed by atoms with Crippen LogP contribution in [0.5, 0.6) is 0 Å². The van der Waals surface area contributed by atoms with E-state index in [2.05, 4.69) is 15.3 Å². The summed E-state index contributed by atoms with van der Waals surface area (Å²) in [5, 5.41) is 15.4. The molecule has 3 aromatic rings. The van der Waals surface area contributed by atoms with Crippen molar-refractivity contribution in [2.45, 2.75) is 19.1 Å². The molecule has 0 bridgehead atoms. The van der Waals surface area contributed by atoms with Crippen LogP contribution in [-0.4, -0.2) is 45.1 Å². The minimum atomic E-state index is -0.458. The van der Waals surface area contributed by atoms with Gasteiger partial charge in [0, 0.05) is 24.7 Å². The van der Waals surface area contributed by atoms with Crippen molar-refractivity contribution in [2.75, 3.05) is 18.4 Å². The van der Waals surface area contributed by atoms with E-state index in [4.69, 9.17) is 11.6 Å². The Morgan fingerprint density at radius 2 is 2.27 bits per heavy atom. The maximum absolute atomic E-state index is 12.9. The van der Waals surface area contributed by atoms with Crippen LogP contribution in [0.15, 0.2) is 35.7 Å². The smallest absolute Gasteiger partial charge is 0.274 e. The standard InChI is InChI=1S/C18H17ClN4O2S/c19-12-3-1-2-11(8-12)9-20-18-21-14-5-7-26-16(14)15(22-18)17(25)23-6-4-13(24)10-23/h1-3,5,7-8,13,24H,4,6,9-10H2,(H,20,21,22). The van der Waals surface area contributed by atoms with Crippen LogP contribution in [0.1, 0.15) is 22.5 Å². The zero-order chi connectivity index (χ0) is 18.1. The van der Waals surface area contributed by atoms with Crippen LogP contribution >= 0.6 is 22.9 Å². The van der Waals surface area contributed by atoms with E-state index in [1.54, 1.807) is 4.90 Å². The number of aliphatic hydroxyl groups excluding tert-OH is 1. The summed E-state index contributed by atoms with van der Waals surface area (Å²) < 4.78 is 0.768. The average Bonchev–Trinajstić information content (AvgIpc) is 3.27. The quantitative estimate of drug-likeness (QED) is 0.717. The van der Waals surface area contributed by atoms with E-state index in [9.17, 15) is 9.90 Å². The van der Waals surface area contributed by atoms with Gasteiger partial charge in [0.15, 0.2) is 5.69 Å². The van der Waals surface area contributed by atoms with Gasteiger partial charge in [0.05, 0.1) is 16.3 Å². The number of thiophene rings is 1. The largest absolute Gasteiger partial charge is 0.391 e. The molecule has 1 saturated heterocycles. The molecule has 8 heteroatoms. The molecular formula is C18H17ClN4O2S. The second-order valence-corrected chi connectivity index (χ2v) is 7.56. The van der Waals surface area contributed by atoms with Crippen LogP contribution < -0.4 is 5.32 Å². The summed E-state index contributed by atoms with van der Waals surface area (Å²) in [6, 6.07) is 9.41. The fraction of sp³-hybridized carbons (Fsp3) is 0.278. The lowest BCUT2D eigenvalue weighted by atomic mass is 10.2. The average molecular weight is 389 g/mol. The minimum absolute atomic E-state index is 0.165. The van der Waals surface area contributed by atoms with E-state index in [1.165, 1.54) is 11.3 Å². The lowest BCUT2D eigenvalue weighted by molar-refractivity contribution is 0.0761.